The Balaban J connectivity index is 3.54. The first-order valence-electron chi connectivity index (χ1n) is 6.38. The maximum Gasteiger partial charge on any atom is 0.254 e. The molecule has 1 aromatic rings. The summed E-state index contributed by atoms with van der Waals surface area (Å²) >= 11 is 0. The van der Waals surface area contributed by atoms with Crippen LogP contribution in [0.2, 0.25) is 0 Å². The molecule has 0 aliphatic heterocycles. The predicted molar refractivity (Wildman–Crippen MR) is 78.2 cm³/mol. The molecule has 2 N–H and O–H groups in total. The lowest BCUT2D eigenvalue weighted by molar-refractivity contribution is 0.0772. The third kappa shape index (κ3) is 3.64. The van der Waals surface area contributed by atoms with Crippen LogP contribution >= 0.6 is 0 Å². The van der Waals surface area contributed by atoms with Crippen LogP contribution < -0.4 is 14.6 Å². The normalized spacial score (nSPS) is 11.1. The van der Waals surface area contributed by atoms with Crippen molar-refractivity contribution in [2.24, 2.45) is 5.14 Å². The number of hydrogen-bond donors (Lipinski definition) is 1. The molecule has 0 spiro atoms. The van der Waals surface area contributed by atoms with Gasteiger partial charge in [0.15, 0.2) is 11.5 Å². The molecule has 0 aliphatic carbocycles. The Bertz CT molecular complexity index is 624. The molecule has 0 aromatic heterocycles. The summed E-state index contributed by atoms with van der Waals surface area (Å²) in [5.74, 6) is -0.179. The van der Waals surface area contributed by atoms with Gasteiger partial charge in [0.05, 0.1) is 14.2 Å². The van der Waals surface area contributed by atoms with Gasteiger partial charge in [-0.2, -0.15) is 0 Å². The Morgan fingerprint density at radius 1 is 1.19 bits per heavy atom. The van der Waals surface area contributed by atoms with E-state index in [1.807, 2.05) is 13.8 Å². The van der Waals surface area contributed by atoms with Gasteiger partial charge in [-0.15, -0.1) is 0 Å². The van der Waals surface area contributed by atoms with Crippen LogP contribution in [-0.2, 0) is 10.0 Å². The number of nitrogens with zero attached hydrogens (tertiary/aromatic N) is 1. The highest BCUT2D eigenvalue weighted by molar-refractivity contribution is 7.89. The van der Waals surface area contributed by atoms with E-state index < -0.39 is 10.0 Å². The molecular weight excluding hydrogens is 296 g/mol. The van der Waals surface area contributed by atoms with Crippen molar-refractivity contribution in [3.05, 3.63) is 17.7 Å². The van der Waals surface area contributed by atoms with Gasteiger partial charge in [-0.1, -0.05) is 0 Å². The zero-order valence-corrected chi connectivity index (χ0v) is 13.4. The molecule has 8 heteroatoms. The third-order valence-corrected chi connectivity index (χ3v) is 3.97. The number of benzene rings is 1. The lowest BCUT2D eigenvalue weighted by Gasteiger charge is -2.20. The lowest BCUT2D eigenvalue weighted by Crippen LogP contribution is -2.30. The molecule has 0 fully saturated rings. The first-order chi connectivity index (χ1) is 9.79. The van der Waals surface area contributed by atoms with Crippen molar-refractivity contribution in [3.63, 3.8) is 0 Å². The second-order valence-corrected chi connectivity index (χ2v) is 5.76. The van der Waals surface area contributed by atoms with Gasteiger partial charge in [0, 0.05) is 18.7 Å². The summed E-state index contributed by atoms with van der Waals surface area (Å²) < 4.78 is 33.5. The van der Waals surface area contributed by atoms with Crippen LogP contribution in [0.5, 0.6) is 11.5 Å². The van der Waals surface area contributed by atoms with Gasteiger partial charge in [0.25, 0.3) is 5.91 Å². The predicted octanol–water partition coefficient (Wildman–Crippen LogP) is 0.833. The molecular formula is C13H20N2O5S. The van der Waals surface area contributed by atoms with Crippen LogP contribution in [0.25, 0.3) is 0 Å². The van der Waals surface area contributed by atoms with Crippen LogP contribution in [0.3, 0.4) is 0 Å². The number of nitrogens with two attached hydrogens (primary N) is 1. The molecule has 0 heterocycles. The molecule has 1 amide bonds. The Labute approximate surface area is 124 Å². The van der Waals surface area contributed by atoms with Gasteiger partial charge in [-0.25, -0.2) is 13.6 Å². The zero-order chi connectivity index (χ0) is 16.2. The summed E-state index contributed by atoms with van der Waals surface area (Å²) in [7, 11) is -1.39. The van der Waals surface area contributed by atoms with Crippen LogP contribution in [0.15, 0.2) is 17.0 Å². The topological polar surface area (TPSA) is 98.9 Å². The van der Waals surface area contributed by atoms with Gasteiger partial charge in [0.2, 0.25) is 10.0 Å². The van der Waals surface area contributed by atoms with Crippen molar-refractivity contribution in [2.75, 3.05) is 27.3 Å². The summed E-state index contributed by atoms with van der Waals surface area (Å²) in [5.41, 5.74) is 0.181. The number of carbonyl (C=O) groups is 1. The van der Waals surface area contributed by atoms with E-state index >= 15 is 0 Å². The van der Waals surface area contributed by atoms with E-state index in [1.165, 1.54) is 26.4 Å². The lowest BCUT2D eigenvalue weighted by atomic mass is 10.1. The van der Waals surface area contributed by atoms with Crippen LogP contribution in [0.4, 0.5) is 0 Å². The molecule has 7 nitrogen and oxygen atoms in total. The van der Waals surface area contributed by atoms with Crippen LogP contribution in [0, 0.1) is 0 Å². The average molecular weight is 316 g/mol. The van der Waals surface area contributed by atoms with Gasteiger partial charge in [0.1, 0.15) is 4.90 Å². The molecule has 0 atom stereocenters. The summed E-state index contributed by atoms with van der Waals surface area (Å²) in [4.78, 5) is 13.6. The molecule has 0 aliphatic rings. The number of ether oxygens (including phenoxy) is 2. The number of carbonyl (C=O) groups excluding carboxylic acids is 1. The molecule has 1 aromatic carbocycles. The van der Waals surface area contributed by atoms with Gasteiger partial charge >= 0.3 is 0 Å². The zero-order valence-electron chi connectivity index (χ0n) is 12.5. The molecule has 0 bridgehead atoms. The van der Waals surface area contributed by atoms with E-state index in [0.717, 1.165) is 0 Å². The van der Waals surface area contributed by atoms with Crippen molar-refractivity contribution in [1.29, 1.82) is 0 Å². The quantitative estimate of drug-likeness (QED) is 0.838. The van der Waals surface area contributed by atoms with E-state index in [4.69, 9.17) is 14.6 Å². The number of methoxy groups -OCH3 is 2. The fraction of sp³-hybridized carbons (Fsp3) is 0.462. The van der Waals surface area contributed by atoms with E-state index in [2.05, 4.69) is 0 Å². The minimum Gasteiger partial charge on any atom is -0.493 e. The minimum atomic E-state index is -4.05. The maximum atomic E-state index is 12.3. The summed E-state index contributed by atoms with van der Waals surface area (Å²) in [6, 6.07) is 2.64. The summed E-state index contributed by atoms with van der Waals surface area (Å²) in [6.45, 7) is 4.69. The second kappa shape index (κ2) is 6.77. The first kappa shape index (κ1) is 17.3. The average Bonchev–Trinajstić information content (AvgIpc) is 2.45. The summed E-state index contributed by atoms with van der Waals surface area (Å²) in [5, 5.41) is 5.18. The Kier molecular flexibility index (Phi) is 5.56. The Morgan fingerprint density at radius 3 is 2.14 bits per heavy atom. The van der Waals surface area contributed by atoms with E-state index in [-0.39, 0.29) is 27.9 Å². The van der Waals surface area contributed by atoms with Crippen molar-refractivity contribution >= 4 is 15.9 Å². The fourth-order valence-electron chi connectivity index (χ4n) is 1.96. The minimum absolute atomic E-state index is 0.0175. The Morgan fingerprint density at radius 2 is 1.76 bits per heavy atom. The molecule has 0 unspecified atom stereocenters. The number of hydrogen-bond acceptors (Lipinski definition) is 5. The van der Waals surface area contributed by atoms with Crippen molar-refractivity contribution in [2.45, 2.75) is 18.7 Å². The van der Waals surface area contributed by atoms with Crippen molar-refractivity contribution < 1.29 is 22.7 Å². The monoisotopic (exact) mass is 316 g/mol. The van der Waals surface area contributed by atoms with Gasteiger partial charge in [-0.05, 0) is 26.0 Å². The van der Waals surface area contributed by atoms with Gasteiger partial charge < -0.3 is 14.4 Å². The highest BCUT2D eigenvalue weighted by Gasteiger charge is 2.24. The van der Waals surface area contributed by atoms with Crippen molar-refractivity contribution in [3.8, 4) is 11.5 Å². The van der Waals surface area contributed by atoms with Crippen LogP contribution in [0.1, 0.15) is 24.2 Å². The van der Waals surface area contributed by atoms with Gasteiger partial charge in [-0.3, -0.25) is 4.79 Å². The number of amides is 1. The molecule has 1 rings (SSSR count). The third-order valence-electron chi connectivity index (χ3n) is 3.05. The standard InChI is InChI=1S/C13H20N2O5S/c1-5-15(6-2)13(16)9-7-10(19-3)12(20-4)11(8-9)21(14,17)18/h7-8H,5-6H2,1-4H3,(H2,14,17,18). The Hall–Kier alpha value is -1.80. The van der Waals surface area contributed by atoms with Crippen LogP contribution in [-0.4, -0.2) is 46.5 Å². The molecule has 0 saturated heterocycles. The molecule has 0 radical (unpaired) electrons. The number of primary sulfonamides is 1. The molecule has 0 saturated carbocycles. The number of rotatable bonds is 6. The maximum absolute atomic E-state index is 12.3. The molecule has 118 valence electrons. The van der Waals surface area contributed by atoms with E-state index in [1.54, 1.807) is 4.90 Å². The second-order valence-electron chi connectivity index (χ2n) is 4.23. The molecule has 21 heavy (non-hydrogen) atoms. The SMILES string of the molecule is CCN(CC)C(=O)c1cc(OC)c(OC)c(S(N)(=O)=O)c1. The number of sulfonamides is 1. The van der Waals surface area contributed by atoms with Crippen molar-refractivity contribution in [1.82, 2.24) is 4.90 Å². The first-order valence-corrected chi connectivity index (χ1v) is 7.92. The largest absolute Gasteiger partial charge is 0.493 e. The summed E-state index contributed by atoms with van der Waals surface area (Å²) in [6.07, 6.45) is 0. The highest BCUT2D eigenvalue weighted by Crippen LogP contribution is 2.35. The smallest absolute Gasteiger partial charge is 0.254 e. The fourth-order valence-corrected chi connectivity index (χ4v) is 2.69. The van der Waals surface area contributed by atoms with E-state index in [9.17, 15) is 13.2 Å². The highest BCUT2D eigenvalue weighted by atomic mass is 32.2. The van der Waals surface area contributed by atoms with E-state index in [0.29, 0.717) is 13.1 Å².